The molecular weight excluding hydrogens is 438 g/mol. The first kappa shape index (κ1) is 22.2. The minimum atomic E-state index is 0.651. The number of anilines is 1. The van der Waals surface area contributed by atoms with Crippen molar-refractivity contribution < 1.29 is 4.74 Å². The Labute approximate surface area is 206 Å². The van der Waals surface area contributed by atoms with Crippen LogP contribution >= 0.6 is 0 Å². The molecule has 1 aromatic carbocycles. The molecule has 0 unspecified atom stereocenters. The molecule has 0 bridgehead atoms. The van der Waals surface area contributed by atoms with Gasteiger partial charge in [-0.3, -0.25) is 0 Å². The molecule has 0 atom stereocenters. The molecule has 2 aliphatic heterocycles. The van der Waals surface area contributed by atoms with E-state index in [1.165, 1.54) is 18.4 Å². The van der Waals surface area contributed by atoms with E-state index >= 15 is 0 Å². The molecule has 182 valence electrons. The van der Waals surface area contributed by atoms with Crippen molar-refractivity contribution in [1.29, 1.82) is 0 Å². The van der Waals surface area contributed by atoms with Crippen LogP contribution in [0.4, 0.5) is 5.69 Å². The summed E-state index contributed by atoms with van der Waals surface area (Å²) in [4.78, 5) is 14.7. The maximum atomic E-state index is 5.62. The Bertz CT molecular complexity index is 1310. The van der Waals surface area contributed by atoms with Gasteiger partial charge in [-0.05, 0) is 58.0 Å². The van der Waals surface area contributed by atoms with E-state index in [1.807, 2.05) is 17.2 Å². The normalized spacial score (nSPS) is 17.9. The Morgan fingerprint density at radius 3 is 2.66 bits per heavy atom. The molecule has 0 spiro atoms. The van der Waals surface area contributed by atoms with Crippen molar-refractivity contribution in [3.8, 4) is 17.1 Å². The number of ether oxygens (including phenoxy) is 1. The third-order valence-electron chi connectivity index (χ3n) is 7.32. The lowest BCUT2D eigenvalue weighted by Crippen LogP contribution is -2.36. The molecule has 0 saturated carbocycles. The molecule has 3 aromatic heterocycles. The van der Waals surface area contributed by atoms with Crippen LogP contribution in [-0.4, -0.2) is 75.7 Å². The molecular formula is C27H33N7O. The first-order chi connectivity index (χ1) is 17.1. The second-order valence-electron chi connectivity index (χ2n) is 9.93. The van der Waals surface area contributed by atoms with Crippen LogP contribution in [0.25, 0.3) is 28.2 Å². The molecule has 6 rings (SSSR count). The second-order valence-corrected chi connectivity index (χ2v) is 9.93. The summed E-state index contributed by atoms with van der Waals surface area (Å²) in [5.74, 6) is 1.47. The summed E-state index contributed by atoms with van der Waals surface area (Å²) in [7, 11) is 2.21. The molecule has 2 fully saturated rings. The molecule has 4 aromatic rings. The summed E-state index contributed by atoms with van der Waals surface area (Å²) in [6.07, 6.45) is 6.41. The van der Waals surface area contributed by atoms with Gasteiger partial charge in [0.1, 0.15) is 5.52 Å². The number of morpholine rings is 1. The maximum absolute atomic E-state index is 5.62. The number of aryl methyl sites for hydroxylation is 1. The SMILES string of the molecule is Cc1cccc(-c2ccn(-c3cc(N4CCOCC4)c4ncn(CC5CCN(C)CC5)c4n3)n2)c1. The van der Waals surface area contributed by atoms with E-state index in [1.54, 1.807) is 0 Å². The fraction of sp³-hybridized carbons (Fsp3) is 0.444. The van der Waals surface area contributed by atoms with Crippen LogP contribution in [0.5, 0.6) is 0 Å². The van der Waals surface area contributed by atoms with Crippen molar-refractivity contribution in [2.75, 3.05) is 51.3 Å². The molecule has 5 heterocycles. The Morgan fingerprint density at radius 1 is 1.03 bits per heavy atom. The number of benzene rings is 1. The molecule has 2 saturated heterocycles. The summed E-state index contributed by atoms with van der Waals surface area (Å²) < 4.78 is 9.77. The summed E-state index contributed by atoms with van der Waals surface area (Å²) in [5.41, 5.74) is 6.31. The van der Waals surface area contributed by atoms with Gasteiger partial charge in [-0.2, -0.15) is 5.10 Å². The predicted octanol–water partition coefficient (Wildman–Crippen LogP) is 3.77. The van der Waals surface area contributed by atoms with Crippen LogP contribution < -0.4 is 4.90 Å². The maximum Gasteiger partial charge on any atom is 0.164 e. The Morgan fingerprint density at radius 2 is 1.86 bits per heavy atom. The van der Waals surface area contributed by atoms with Crippen molar-refractivity contribution in [2.24, 2.45) is 5.92 Å². The summed E-state index contributed by atoms with van der Waals surface area (Å²) in [6.45, 7) is 8.55. The number of pyridine rings is 1. The largest absolute Gasteiger partial charge is 0.378 e. The third kappa shape index (κ3) is 4.56. The van der Waals surface area contributed by atoms with Crippen molar-refractivity contribution in [2.45, 2.75) is 26.3 Å². The number of imidazole rings is 1. The second kappa shape index (κ2) is 9.43. The zero-order chi connectivity index (χ0) is 23.8. The minimum Gasteiger partial charge on any atom is -0.378 e. The molecule has 0 amide bonds. The van der Waals surface area contributed by atoms with Gasteiger partial charge in [-0.25, -0.2) is 14.6 Å². The molecule has 35 heavy (non-hydrogen) atoms. The van der Waals surface area contributed by atoms with Gasteiger partial charge >= 0.3 is 0 Å². The van der Waals surface area contributed by atoms with Crippen molar-refractivity contribution in [1.82, 2.24) is 29.2 Å². The fourth-order valence-electron chi connectivity index (χ4n) is 5.23. The lowest BCUT2D eigenvalue weighted by Gasteiger charge is -2.30. The Hall–Kier alpha value is -3.23. The highest BCUT2D eigenvalue weighted by atomic mass is 16.5. The van der Waals surface area contributed by atoms with Gasteiger partial charge in [0, 0.05) is 37.5 Å². The molecule has 2 aliphatic rings. The zero-order valence-electron chi connectivity index (χ0n) is 20.6. The highest BCUT2D eigenvalue weighted by molar-refractivity contribution is 5.87. The van der Waals surface area contributed by atoms with Crippen molar-refractivity contribution in [3.63, 3.8) is 0 Å². The van der Waals surface area contributed by atoms with Gasteiger partial charge in [-0.1, -0.05) is 23.8 Å². The lowest BCUT2D eigenvalue weighted by atomic mass is 9.97. The number of aromatic nitrogens is 5. The van der Waals surface area contributed by atoms with E-state index in [0.29, 0.717) is 5.92 Å². The van der Waals surface area contributed by atoms with Gasteiger partial charge in [0.15, 0.2) is 11.5 Å². The van der Waals surface area contributed by atoms with Gasteiger partial charge < -0.3 is 19.1 Å². The highest BCUT2D eigenvalue weighted by Gasteiger charge is 2.22. The predicted molar refractivity (Wildman–Crippen MR) is 138 cm³/mol. The summed E-state index contributed by atoms with van der Waals surface area (Å²) in [6, 6.07) is 12.6. The minimum absolute atomic E-state index is 0.651. The topological polar surface area (TPSA) is 64.2 Å². The van der Waals surface area contributed by atoms with Crippen LogP contribution in [0, 0.1) is 12.8 Å². The number of rotatable bonds is 5. The third-order valence-corrected chi connectivity index (χ3v) is 7.32. The smallest absolute Gasteiger partial charge is 0.164 e. The number of fused-ring (bicyclic) bond motifs is 1. The average Bonchev–Trinajstić information content (AvgIpc) is 3.53. The van der Waals surface area contributed by atoms with E-state index in [9.17, 15) is 0 Å². The number of likely N-dealkylation sites (tertiary alicyclic amines) is 1. The quantitative estimate of drug-likeness (QED) is 0.442. The zero-order valence-corrected chi connectivity index (χ0v) is 20.6. The number of piperidine rings is 1. The van der Waals surface area contributed by atoms with Gasteiger partial charge in [0.25, 0.3) is 0 Å². The number of hydrogen-bond acceptors (Lipinski definition) is 6. The Balaban J connectivity index is 1.39. The van der Waals surface area contributed by atoms with E-state index in [0.717, 1.165) is 79.9 Å². The van der Waals surface area contributed by atoms with Gasteiger partial charge in [-0.15, -0.1) is 0 Å². The van der Waals surface area contributed by atoms with E-state index in [4.69, 9.17) is 19.8 Å². The molecule has 0 radical (unpaired) electrons. The van der Waals surface area contributed by atoms with Crippen LogP contribution in [0.1, 0.15) is 18.4 Å². The Kier molecular flexibility index (Phi) is 6.00. The van der Waals surface area contributed by atoms with Gasteiger partial charge in [0.2, 0.25) is 0 Å². The van der Waals surface area contributed by atoms with Gasteiger partial charge in [0.05, 0.1) is 30.9 Å². The number of hydrogen-bond donors (Lipinski definition) is 0. The first-order valence-corrected chi connectivity index (χ1v) is 12.6. The van der Waals surface area contributed by atoms with Crippen molar-refractivity contribution in [3.05, 3.63) is 54.5 Å². The van der Waals surface area contributed by atoms with Crippen LogP contribution in [0.3, 0.4) is 0 Å². The molecule has 0 aliphatic carbocycles. The average molecular weight is 472 g/mol. The number of nitrogens with zero attached hydrogens (tertiary/aromatic N) is 7. The van der Waals surface area contributed by atoms with E-state index in [-0.39, 0.29) is 0 Å². The summed E-state index contributed by atoms with van der Waals surface area (Å²) >= 11 is 0. The highest BCUT2D eigenvalue weighted by Crippen LogP contribution is 2.30. The first-order valence-electron chi connectivity index (χ1n) is 12.6. The monoisotopic (exact) mass is 471 g/mol. The molecule has 8 heteroatoms. The standard InChI is InChI=1S/C27H33N7O/c1-20-4-3-5-22(16-20)23-8-11-34(30-23)25-17-24(32-12-14-35-15-13-32)26-27(29-25)33(19-28-26)18-21-6-9-31(2)10-7-21/h3-5,8,11,16-17,19,21H,6-7,9-10,12-15,18H2,1-2H3. The lowest BCUT2D eigenvalue weighted by molar-refractivity contribution is 0.123. The van der Waals surface area contributed by atoms with E-state index in [2.05, 4.69) is 64.7 Å². The van der Waals surface area contributed by atoms with Crippen LogP contribution in [-0.2, 0) is 11.3 Å². The molecule has 8 nitrogen and oxygen atoms in total. The fourth-order valence-corrected chi connectivity index (χ4v) is 5.23. The van der Waals surface area contributed by atoms with Crippen LogP contribution in [0.15, 0.2) is 48.9 Å². The van der Waals surface area contributed by atoms with Crippen LogP contribution in [0.2, 0.25) is 0 Å². The van der Waals surface area contributed by atoms with E-state index < -0.39 is 0 Å². The summed E-state index contributed by atoms with van der Waals surface area (Å²) in [5, 5.41) is 4.90. The molecule has 0 N–H and O–H groups in total. The van der Waals surface area contributed by atoms with Crippen molar-refractivity contribution >= 4 is 16.9 Å².